The third kappa shape index (κ3) is 6.53. The van der Waals surface area contributed by atoms with Crippen molar-refractivity contribution in [2.45, 2.75) is 82.6 Å². The predicted octanol–water partition coefficient (Wildman–Crippen LogP) is 1.79. The minimum atomic E-state index is -0.990. The van der Waals surface area contributed by atoms with Crippen LogP contribution in [0, 0.1) is 23.7 Å². The number of carbonyl (C=O) groups is 3. The summed E-state index contributed by atoms with van der Waals surface area (Å²) >= 11 is 0. The summed E-state index contributed by atoms with van der Waals surface area (Å²) in [6.45, 7) is 4.61. The van der Waals surface area contributed by atoms with Gasteiger partial charge in [-0.2, -0.15) is 0 Å². The largest absolute Gasteiger partial charge is 0.480 e. The molecule has 6 unspecified atom stereocenters. The monoisotopic (exact) mass is 521 g/mol. The maximum absolute atomic E-state index is 12.1. The maximum Gasteiger partial charge on any atom is 0.321 e. The summed E-state index contributed by atoms with van der Waals surface area (Å²) in [6.07, 6.45) is 9.23. The summed E-state index contributed by atoms with van der Waals surface area (Å²) < 4.78 is 0. The highest BCUT2D eigenvalue weighted by atomic mass is 16.4. The molecule has 37 heavy (non-hydrogen) atoms. The van der Waals surface area contributed by atoms with Gasteiger partial charge in [0.05, 0.1) is 0 Å². The number of allylic oxidation sites excluding steroid dienone is 1. The van der Waals surface area contributed by atoms with Crippen LogP contribution in [0.25, 0.3) is 0 Å². The van der Waals surface area contributed by atoms with Gasteiger partial charge in [0.1, 0.15) is 24.4 Å². The summed E-state index contributed by atoms with van der Waals surface area (Å²) in [7, 11) is 0. The topological polar surface area (TPSA) is 142 Å². The van der Waals surface area contributed by atoms with Crippen molar-refractivity contribution in [1.29, 1.82) is 0 Å². The molecule has 0 spiro atoms. The van der Waals surface area contributed by atoms with E-state index in [1.807, 2.05) is 4.90 Å². The molecule has 0 aromatic carbocycles. The van der Waals surface area contributed by atoms with Gasteiger partial charge in [0.15, 0.2) is 0 Å². The number of carboxylic acid groups (broad SMARTS) is 3. The fraction of sp³-hybridized carbons (Fsp3) is 0.815. The number of carboxylic acids is 3. The highest BCUT2D eigenvalue weighted by Crippen LogP contribution is 2.39. The number of nitrogens with zero attached hydrogens (tertiary/aromatic N) is 3. The number of rotatable bonds is 9. The lowest BCUT2D eigenvalue weighted by Crippen LogP contribution is -2.56. The molecule has 3 saturated heterocycles. The minimum Gasteiger partial charge on any atom is -0.480 e. The van der Waals surface area contributed by atoms with Gasteiger partial charge < -0.3 is 20.4 Å². The first-order chi connectivity index (χ1) is 17.7. The van der Waals surface area contributed by atoms with Crippen molar-refractivity contribution in [2.75, 3.05) is 32.7 Å². The molecule has 0 aromatic rings. The van der Waals surface area contributed by atoms with E-state index in [2.05, 4.69) is 4.90 Å². The second-order valence-corrected chi connectivity index (χ2v) is 11.7. The number of likely N-dealkylation sites (tertiary alicyclic amines) is 3. The van der Waals surface area contributed by atoms with E-state index in [-0.39, 0.29) is 11.8 Å². The third-order valence-electron chi connectivity index (χ3n) is 9.26. The van der Waals surface area contributed by atoms with Crippen molar-refractivity contribution >= 4 is 17.9 Å². The van der Waals surface area contributed by atoms with E-state index in [0.29, 0.717) is 57.3 Å². The molecular formula is C27H43N3O7. The van der Waals surface area contributed by atoms with Gasteiger partial charge in [0.2, 0.25) is 0 Å². The molecule has 8 atom stereocenters. The number of aliphatic carboxylic acids is 3. The maximum atomic E-state index is 12.1. The number of aliphatic hydroxyl groups is 1. The first-order valence-corrected chi connectivity index (χ1v) is 13.9. The second kappa shape index (κ2) is 12.2. The van der Waals surface area contributed by atoms with Crippen molar-refractivity contribution in [3.8, 4) is 0 Å². The van der Waals surface area contributed by atoms with Crippen molar-refractivity contribution in [2.24, 2.45) is 23.7 Å². The Bertz CT molecular complexity index is 867. The quantitative estimate of drug-likeness (QED) is 0.332. The van der Waals surface area contributed by atoms with Crippen molar-refractivity contribution in [3.05, 3.63) is 12.2 Å². The van der Waals surface area contributed by atoms with E-state index in [9.17, 15) is 34.8 Å². The van der Waals surface area contributed by atoms with Crippen LogP contribution in [0.15, 0.2) is 12.2 Å². The van der Waals surface area contributed by atoms with E-state index in [4.69, 9.17) is 0 Å². The Morgan fingerprint density at radius 3 is 2.03 bits per heavy atom. The second-order valence-electron chi connectivity index (χ2n) is 11.7. The van der Waals surface area contributed by atoms with Crippen LogP contribution in [0.1, 0.15) is 58.3 Å². The average Bonchev–Trinajstić information content (AvgIpc) is 3.28. The van der Waals surface area contributed by atoms with Crippen LogP contribution < -0.4 is 0 Å². The number of fused-ring (bicyclic) bond motifs is 1. The van der Waals surface area contributed by atoms with Crippen LogP contribution in [-0.2, 0) is 14.4 Å². The Morgan fingerprint density at radius 2 is 1.38 bits per heavy atom. The average molecular weight is 522 g/mol. The lowest BCUT2D eigenvalue weighted by atomic mass is 9.72. The summed E-state index contributed by atoms with van der Waals surface area (Å²) in [5.74, 6) is -1.48. The lowest BCUT2D eigenvalue weighted by Gasteiger charge is -2.47. The van der Waals surface area contributed by atoms with Gasteiger partial charge in [0, 0.05) is 32.7 Å². The van der Waals surface area contributed by atoms with E-state index < -0.39 is 42.3 Å². The molecule has 4 aliphatic rings. The molecule has 4 rings (SSSR count). The zero-order valence-corrected chi connectivity index (χ0v) is 21.8. The zero-order chi connectivity index (χ0) is 26.7. The number of hydrogen-bond acceptors (Lipinski definition) is 7. The van der Waals surface area contributed by atoms with Crippen LogP contribution in [0.4, 0.5) is 0 Å². The summed E-state index contributed by atoms with van der Waals surface area (Å²) in [6, 6.07) is -1.92. The molecule has 0 aromatic heterocycles. The fourth-order valence-electron chi connectivity index (χ4n) is 7.48. The molecule has 10 nitrogen and oxygen atoms in total. The van der Waals surface area contributed by atoms with Crippen molar-refractivity contribution in [1.82, 2.24) is 14.7 Å². The van der Waals surface area contributed by atoms with Crippen molar-refractivity contribution in [3.63, 3.8) is 0 Å². The molecular weight excluding hydrogens is 478 g/mol. The van der Waals surface area contributed by atoms with Gasteiger partial charge in [0.25, 0.3) is 0 Å². The van der Waals surface area contributed by atoms with E-state index >= 15 is 0 Å². The normalized spacial score (nSPS) is 36.9. The van der Waals surface area contributed by atoms with E-state index in [1.165, 1.54) is 12.8 Å². The predicted molar refractivity (Wildman–Crippen MR) is 136 cm³/mol. The summed E-state index contributed by atoms with van der Waals surface area (Å²) in [5, 5.41) is 40.0. The Labute approximate surface area is 218 Å². The SMILES string of the molecule is C/C=C/C(O)N1C[C@H](CN2C[C@H](CN3CC4CCCCC4CC3C(=O)O)CCC2C(=O)O)CC1C(=O)O. The third-order valence-corrected chi connectivity index (χ3v) is 9.26. The van der Waals surface area contributed by atoms with Crippen molar-refractivity contribution < 1.29 is 34.8 Å². The van der Waals surface area contributed by atoms with Gasteiger partial charge in [-0.15, -0.1) is 0 Å². The Kier molecular flexibility index (Phi) is 9.26. The standard InChI is InChI=1S/C27H43N3O7/c1-2-5-24(31)30-15-18(10-23(30)27(36)37)14-28-12-17(8-9-21(28)25(32)33)13-29-16-20-7-4-3-6-19(20)11-22(29)26(34)35/h2,5,17-24,31H,3-4,6-16H2,1H3,(H,32,33)(H,34,35)(H,36,37)/b5-2+/t17-,18+,19?,20?,21?,22?,23?,24?/m1/s1. The van der Waals surface area contributed by atoms with Gasteiger partial charge in [-0.05, 0) is 68.8 Å². The molecule has 208 valence electrons. The van der Waals surface area contributed by atoms with Crippen LogP contribution >= 0.6 is 0 Å². The van der Waals surface area contributed by atoms with Crippen LogP contribution in [-0.4, -0.2) is 110 Å². The fourth-order valence-corrected chi connectivity index (χ4v) is 7.48. The van der Waals surface area contributed by atoms with Gasteiger partial charge in [-0.3, -0.25) is 29.1 Å². The molecule has 4 N–H and O–H groups in total. The first kappa shape index (κ1) is 28.0. The molecule has 1 aliphatic carbocycles. The number of piperidine rings is 2. The van der Waals surface area contributed by atoms with Crippen LogP contribution in [0.5, 0.6) is 0 Å². The van der Waals surface area contributed by atoms with Crippen LogP contribution in [0.3, 0.4) is 0 Å². The molecule has 10 heteroatoms. The molecule has 0 radical (unpaired) electrons. The number of aliphatic hydroxyl groups excluding tert-OH is 1. The summed E-state index contributed by atoms with van der Waals surface area (Å²) in [4.78, 5) is 41.7. The molecule has 0 amide bonds. The number of hydrogen-bond donors (Lipinski definition) is 4. The van der Waals surface area contributed by atoms with E-state index in [0.717, 1.165) is 25.8 Å². The van der Waals surface area contributed by atoms with Gasteiger partial charge >= 0.3 is 17.9 Å². The molecule has 4 fully saturated rings. The van der Waals surface area contributed by atoms with Crippen LogP contribution in [0.2, 0.25) is 0 Å². The molecule has 3 heterocycles. The van der Waals surface area contributed by atoms with E-state index in [1.54, 1.807) is 24.0 Å². The summed E-state index contributed by atoms with van der Waals surface area (Å²) in [5.41, 5.74) is 0. The minimum absolute atomic E-state index is 0.0774. The zero-order valence-electron chi connectivity index (χ0n) is 21.8. The van der Waals surface area contributed by atoms with Gasteiger partial charge in [-0.1, -0.05) is 25.3 Å². The Morgan fingerprint density at radius 1 is 0.757 bits per heavy atom. The highest BCUT2D eigenvalue weighted by molar-refractivity contribution is 5.74. The Hall–Kier alpha value is -2.01. The smallest absolute Gasteiger partial charge is 0.321 e. The molecule has 3 aliphatic heterocycles. The lowest BCUT2D eigenvalue weighted by molar-refractivity contribution is -0.148. The molecule has 0 bridgehead atoms. The Balaban J connectivity index is 1.42. The first-order valence-electron chi connectivity index (χ1n) is 13.9. The molecule has 1 saturated carbocycles. The van der Waals surface area contributed by atoms with Gasteiger partial charge in [-0.25, -0.2) is 0 Å². The highest BCUT2D eigenvalue weighted by Gasteiger charge is 2.44.